The van der Waals surface area contributed by atoms with Gasteiger partial charge in [0.2, 0.25) is 0 Å². The van der Waals surface area contributed by atoms with E-state index >= 15 is 0 Å². The molecule has 36 heavy (non-hydrogen) atoms. The first kappa shape index (κ1) is 25.8. The van der Waals surface area contributed by atoms with E-state index < -0.39 is 11.9 Å². The fourth-order valence-corrected chi connectivity index (χ4v) is 2.98. The second-order valence-electron chi connectivity index (χ2n) is 8.04. The molecule has 0 saturated carbocycles. The van der Waals surface area contributed by atoms with Gasteiger partial charge in [-0.3, -0.25) is 9.98 Å². The number of aliphatic imine (C=N–C) groups is 2. The Kier molecular flexibility index (Phi) is 9.00. The van der Waals surface area contributed by atoms with Crippen LogP contribution in [0.15, 0.2) is 107 Å². The molecule has 0 spiro atoms. The number of carboxylic acids is 2. The molecule has 0 aliphatic carbocycles. The van der Waals surface area contributed by atoms with Crippen LogP contribution in [0.25, 0.3) is 0 Å². The normalized spacial score (nSPS) is 10.7. The number of carboxylic acid groups (broad SMARTS) is 2. The number of aryl methyl sites for hydroxylation is 2. The molecule has 0 aromatic heterocycles. The van der Waals surface area contributed by atoms with Crippen LogP contribution < -0.4 is 0 Å². The highest BCUT2D eigenvalue weighted by molar-refractivity contribution is 5.90. The van der Waals surface area contributed by atoms with E-state index in [1.807, 2.05) is 62.4 Å². The van der Waals surface area contributed by atoms with E-state index in [1.165, 1.54) is 11.1 Å². The standard InChI is InChI=1S/2C15H13NO2/c2*1-11-2-8-14(9-3-11)16-10-12-4-6-13(7-5-12)15(17)18/h2*2-10H,1H3,(H,17,18). The highest BCUT2D eigenvalue weighted by atomic mass is 16.4. The number of hydrogen-bond donors (Lipinski definition) is 2. The van der Waals surface area contributed by atoms with E-state index in [9.17, 15) is 9.59 Å². The smallest absolute Gasteiger partial charge is 0.335 e. The molecule has 0 heterocycles. The number of nitrogens with zero attached hydrogens (tertiary/aromatic N) is 2. The van der Waals surface area contributed by atoms with E-state index in [0.717, 1.165) is 22.5 Å². The molecule has 6 heteroatoms. The SMILES string of the molecule is Cc1ccc(N=Cc2ccc(C(=O)O)cc2)cc1.Cc1ccc(N=Cc2ccc(C(=O)O)cc2)cc1. The molecule has 0 fully saturated rings. The summed E-state index contributed by atoms with van der Waals surface area (Å²) in [4.78, 5) is 30.0. The van der Waals surface area contributed by atoms with Crippen molar-refractivity contribution in [3.05, 3.63) is 130 Å². The number of rotatable bonds is 6. The van der Waals surface area contributed by atoms with Gasteiger partial charge in [-0.15, -0.1) is 0 Å². The molecule has 4 rings (SSSR count). The molecule has 4 aromatic carbocycles. The van der Waals surface area contributed by atoms with Crippen molar-refractivity contribution in [1.29, 1.82) is 0 Å². The summed E-state index contributed by atoms with van der Waals surface area (Å²) in [6.07, 6.45) is 3.44. The van der Waals surface area contributed by atoms with Crippen molar-refractivity contribution in [2.75, 3.05) is 0 Å². The van der Waals surface area contributed by atoms with Gasteiger partial charge in [0.25, 0.3) is 0 Å². The number of aromatic carboxylic acids is 2. The lowest BCUT2D eigenvalue weighted by molar-refractivity contribution is 0.0686. The monoisotopic (exact) mass is 478 g/mol. The Bertz CT molecular complexity index is 1250. The second-order valence-corrected chi connectivity index (χ2v) is 8.04. The van der Waals surface area contributed by atoms with E-state index in [2.05, 4.69) is 9.98 Å². The molecule has 2 N–H and O–H groups in total. The van der Waals surface area contributed by atoms with Crippen LogP contribution in [-0.4, -0.2) is 34.6 Å². The predicted molar refractivity (Wildman–Crippen MR) is 144 cm³/mol. The fraction of sp³-hybridized carbons (Fsp3) is 0.0667. The number of carbonyl (C=O) groups is 2. The van der Waals surface area contributed by atoms with Crippen LogP contribution in [-0.2, 0) is 0 Å². The summed E-state index contributed by atoms with van der Waals surface area (Å²) in [6.45, 7) is 4.05. The van der Waals surface area contributed by atoms with Crippen LogP contribution in [0.2, 0.25) is 0 Å². The van der Waals surface area contributed by atoms with Gasteiger partial charge in [0.05, 0.1) is 22.5 Å². The molecule has 180 valence electrons. The molecule has 0 bridgehead atoms. The minimum Gasteiger partial charge on any atom is -0.478 e. The van der Waals surface area contributed by atoms with Crippen LogP contribution in [0, 0.1) is 13.8 Å². The van der Waals surface area contributed by atoms with Gasteiger partial charge in [0, 0.05) is 12.4 Å². The summed E-state index contributed by atoms with van der Waals surface area (Å²) in [5.41, 5.74) is 6.46. The Morgan fingerprint density at radius 2 is 0.833 bits per heavy atom. The van der Waals surface area contributed by atoms with E-state index in [0.29, 0.717) is 0 Å². The van der Waals surface area contributed by atoms with Crippen molar-refractivity contribution in [2.24, 2.45) is 9.98 Å². The molecule has 0 amide bonds. The molecule has 0 atom stereocenters. The highest BCUT2D eigenvalue weighted by Gasteiger charge is 2.01. The van der Waals surface area contributed by atoms with Gasteiger partial charge in [-0.2, -0.15) is 0 Å². The van der Waals surface area contributed by atoms with Gasteiger partial charge in [0.15, 0.2) is 0 Å². The highest BCUT2D eigenvalue weighted by Crippen LogP contribution is 2.14. The largest absolute Gasteiger partial charge is 0.478 e. The number of benzene rings is 4. The third-order valence-corrected chi connectivity index (χ3v) is 5.11. The zero-order valence-corrected chi connectivity index (χ0v) is 20.0. The topological polar surface area (TPSA) is 99.3 Å². The Labute approximate surface area is 210 Å². The van der Waals surface area contributed by atoms with E-state index in [4.69, 9.17) is 10.2 Å². The molecule has 0 unspecified atom stereocenters. The Morgan fingerprint density at radius 3 is 1.11 bits per heavy atom. The van der Waals surface area contributed by atoms with Gasteiger partial charge in [-0.1, -0.05) is 59.7 Å². The van der Waals surface area contributed by atoms with Crippen LogP contribution in [0.1, 0.15) is 43.0 Å². The lowest BCUT2D eigenvalue weighted by Gasteiger charge is -1.97. The summed E-state index contributed by atoms with van der Waals surface area (Å²) in [5, 5.41) is 17.6. The van der Waals surface area contributed by atoms with Crippen molar-refractivity contribution in [3.8, 4) is 0 Å². The minimum absolute atomic E-state index is 0.280. The maximum Gasteiger partial charge on any atom is 0.335 e. The van der Waals surface area contributed by atoms with Gasteiger partial charge in [-0.05, 0) is 73.5 Å². The summed E-state index contributed by atoms with van der Waals surface area (Å²) < 4.78 is 0. The van der Waals surface area contributed by atoms with E-state index in [1.54, 1.807) is 61.0 Å². The molecule has 0 radical (unpaired) electrons. The maximum atomic E-state index is 10.7. The first-order chi connectivity index (χ1) is 17.3. The first-order valence-corrected chi connectivity index (χ1v) is 11.2. The van der Waals surface area contributed by atoms with Crippen molar-refractivity contribution in [1.82, 2.24) is 0 Å². The molecular formula is C30H26N2O4. The summed E-state index contributed by atoms with van der Waals surface area (Å²) in [5.74, 6) is -1.84. The lowest BCUT2D eigenvalue weighted by Crippen LogP contribution is -1.95. The van der Waals surface area contributed by atoms with Crippen molar-refractivity contribution >= 4 is 35.7 Å². The van der Waals surface area contributed by atoms with Gasteiger partial charge in [0.1, 0.15) is 0 Å². The maximum absolute atomic E-state index is 10.7. The molecule has 0 saturated heterocycles. The average molecular weight is 479 g/mol. The van der Waals surface area contributed by atoms with Crippen LogP contribution >= 0.6 is 0 Å². The molecule has 6 nitrogen and oxygen atoms in total. The van der Waals surface area contributed by atoms with Crippen LogP contribution in [0.5, 0.6) is 0 Å². The Balaban J connectivity index is 0.000000201. The number of hydrogen-bond acceptors (Lipinski definition) is 4. The Hall–Kier alpha value is -4.84. The Morgan fingerprint density at radius 1 is 0.528 bits per heavy atom. The summed E-state index contributed by atoms with van der Waals surface area (Å²) in [7, 11) is 0. The zero-order valence-electron chi connectivity index (χ0n) is 20.0. The van der Waals surface area contributed by atoms with Gasteiger partial charge in [-0.25, -0.2) is 9.59 Å². The lowest BCUT2D eigenvalue weighted by atomic mass is 10.1. The molecule has 4 aromatic rings. The average Bonchev–Trinajstić information content (AvgIpc) is 2.89. The van der Waals surface area contributed by atoms with Crippen LogP contribution in [0.3, 0.4) is 0 Å². The van der Waals surface area contributed by atoms with Gasteiger partial charge >= 0.3 is 11.9 Å². The minimum atomic E-state index is -0.919. The molecular weight excluding hydrogens is 452 g/mol. The fourth-order valence-electron chi connectivity index (χ4n) is 2.98. The third-order valence-electron chi connectivity index (χ3n) is 5.11. The van der Waals surface area contributed by atoms with Crippen molar-refractivity contribution in [2.45, 2.75) is 13.8 Å². The quantitative estimate of drug-likeness (QED) is 0.295. The second kappa shape index (κ2) is 12.6. The van der Waals surface area contributed by atoms with Gasteiger partial charge < -0.3 is 10.2 Å². The van der Waals surface area contributed by atoms with Crippen molar-refractivity contribution < 1.29 is 19.8 Å². The van der Waals surface area contributed by atoms with E-state index in [-0.39, 0.29) is 11.1 Å². The van der Waals surface area contributed by atoms with Crippen molar-refractivity contribution in [3.63, 3.8) is 0 Å². The van der Waals surface area contributed by atoms with Crippen LogP contribution in [0.4, 0.5) is 11.4 Å². The third kappa shape index (κ3) is 8.18. The zero-order chi connectivity index (χ0) is 25.9. The summed E-state index contributed by atoms with van der Waals surface area (Å²) in [6, 6.07) is 29.0. The molecule has 0 aliphatic heterocycles. The predicted octanol–water partition coefficient (Wildman–Crippen LogP) is 6.89. The summed E-state index contributed by atoms with van der Waals surface area (Å²) >= 11 is 0. The first-order valence-electron chi connectivity index (χ1n) is 11.2. The molecule has 0 aliphatic rings.